The van der Waals surface area contributed by atoms with Gasteiger partial charge in [0, 0.05) is 11.7 Å². The second kappa shape index (κ2) is 5.84. The first-order valence-corrected chi connectivity index (χ1v) is 8.17. The van der Waals surface area contributed by atoms with Gasteiger partial charge < -0.3 is 5.32 Å². The zero-order valence-electron chi connectivity index (χ0n) is 11.2. The predicted molar refractivity (Wildman–Crippen MR) is 73.2 cm³/mol. The van der Waals surface area contributed by atoms with Crippen LogP contribution in [0.15, 0.2) is 29.2 Å². The largest absolute Gasteiger partial charge is 0.391 e. The Morgan fingerprint density at radius 1 is 1.14 bits per heavy atom. The minimum atomic E-state index is -4.15. The number of anilines is 1. The molecule has 0 saturated heterocycles. The molecule has 4 nitrogen and oxygen atoms in total. The molecular formula is C13H17F3N2O2S. The van der Waals surface area contributed by atoms with Crippen molar-refractivity contribution in [2.45, 2.75) is 42.8 Å². The first-order chi connectivity index (χ1) is 9.66. The molecule has 2 atom stereocenters. The van der Waals surface area contributed by atoms with E-state index in [0.29, 0.717) is 18.5 Å². The van der Waals surface area contributed by atoms with Crippen LogP contribution in [0.4, 0.5) is 18.9 Å². The maximum absolute atomic E-state index is 12.7. The van der Waals surface area contributed by atoms with Gasteiger partial charge in [-0.2, -0.15) is 13.2 Å². The summed E-state index contributed by atoms with van der Waals surface area (Å²) in [5, 5.41) is 8.01. The summed E-state index contributed by atoms with van der Waals surface area (Å²) in [5.41, 5.74) is 0.593. The summed E-state index contributed by atoms with van der Waals surface area (Å²) in [7, 11) is -3.76. The number of sulfonamides is 1. The lowest BCUT2D eigenvalue weighted by Crippen LogP contribution is -2.34. The summed E-state index contributed by atoms with van der Waals surface area (Å²) in [6.45, 7) is 0. The zero-order chi connectivity index (χ0) is 15.7. The van der Waals surface area contributed by atoms with E-state index < -0.39 is 22.1 Å². The molecule has 1 aliphatic carbocycles. The Hall–Kier alpha value is -1.28. The number of hydrogen-bond acceptors (Lipinski definition) is 3. The van der Waals surface area contributed by atoms with Gasteiger partial charge in [-0.1, -0.05) is 6.42 Å². The van der Waals surface area contributed by atoms with E-state index in [1.54, 1.807) is 0 Å². The molecule has 0 spiro atoms. The van der Waals surface area contributed by atoms with Crippen molar-refractivity contribution in [3.8, 4) is 0 Å². The Labute approximate surface area is 121 Å². The van der Waals surface area contributed by atoms with Crippen LogP contribution in [0.25, 0.3) is 0 Å². The van der Waals surface area contributed by atoms with E-state index in [1.165, 1.54) is 24.3 Å². The Kier molecular flexibility index (Phi) is 4.48. The third-order valence-electron chi connectivity index (χ3n) is 3.69. The second-order valence-electron chi connectivity index (χ2n) is 5.32. The Morgan fingerprint density at radius 3 is 2.29 bits per heavy atom. The lowest BCUT2D eigenvalue weighted by molar-refractivity contribution is -0.182. The van der Waals surface area contributed by atoms with Gasteiger partial charge in [0.05, 0.1) is 10.8 Å². The third kappa shape index (κ3) is 4.34. The quantitative estimate of drug-likeness (QED) is 0.899. The van der Waals surface area contributed by atoms with Crippen molar-refractivity contribution in [2.75, 3.05) is 5.32 Å². The van der Waals surface area contributed by atoms with Crippen LogP contribution in [-0.2, 0) is 10.0 Å². The molecule has 0 amide bonds. The van der Waals surface area contributed by atoms with Gasteiger partial charge >= 0.3 is 6.18 Å². The van der Waals surface area contributed by atoms with Crippen molar-refractivity contribution < 1.29 is 21.6 Å². The fraction of sp³-hybridized carbons (Fsp3) is 0.538. The number of nitrogens with two attached hydrogens (primary N) is 1. The van der Waals surface area contributed by atoms with Crippen LogP contribution in [0.3, 0.4) is 0 Å². The number of hydrogen-bond donors (Lipinski definition) is 2. The normalized spacial score (nSPS) is 23.8. The van der Waals surface area contributed by atoms with Crippen molar-refractivity contribution in [1.29, 1.82) is 0 Å². The number of nitrogens with one attached hydrogen (secondary N) is 1. The van der Waals surface area contributed by atoms with Crippen LogP contribution in [0.1, 0.15) is 25.7 Å². The maximum atomic E-state index is 12.7. The zero-order valence-corrected chi connectivity index (χ0v) is 12.0. The van der Waals surface area contributed by atoms with E-state index in [-0.39, 0.29) is 23.8 Å². The van der Waals surface area contributed by atoms with Crippen molar-refractivity contribution in [3.63, 3.8) is 0 Å². The van der Waals surface area contributed by atoms with Crippen molar-refractivity contribution in [2.24, 2.45) is 11.1 Å². The molecule has 2 rings (SSSR count). The fourth-order valence-electron chi connectivity index (χ4n) is 2.59. The van der Waals surface area contributed by atoms with Gasteiger partial charge in [-0.3, -0.25) is 0 Å². The molecule has 0 aromatic heterocycles. The highest BCUT2D eigenvalue weighted by Gasteiger charge is 2.42. The highest BCUT2D eigenvalue weighted by Crippen LogP contribution is 2.38. The third-order valence-corrected chi connectivity index (χ3v) is 4.62. The molecule has 1 fully saturated rings. The van der Waals surface area contributed by atoms with Crippen LogP contribution in [0.2, 0.25) is 0 Å². The summed E-state index contributed by atoms with van der Waals surface area (Å²) >= 11 is 0. The minimum Gasteiger partial charge on any atom is -0.382 e. The molecule has 8 heteroatoms. The van der Waals surface area contributed by atoms with Gasteiger partial charge in [-0.05, 0) is 43.5 Å². The van der Waals surface area contributed by atoms with Crippen molar-refractivity contribution in [3.05, 3.63) is 24.3 Å². The van der Waals surface area contributed by atoms with Crippen molar-refractivity contribution >= 4 is 15.7 Å². The molecule has 3 N–H and O–H groups in total. The van der Waals surface area contributed by atoms with Gasteiger partial charge in [0.25, 0.3) is 0 Å². The van der Waals surface area contributed by atoms with Gasteiger partial charge in [0.15, 0.2) is 0 Å². The smallest absolute Gasteiger partial charge is 0.382 e. The molecular weight excluding hydrogens is 305 g/mol. The fourth-order valence-corrected chi connectivity index (χ4v) is 3.11. The van der Waals surface area contributed by atoms with E-state index in [1.807, 2.05) is 0 Å². The van der Waals surface area contributed by atoms with Gasteiger partial charge in [-0.25, -0.2) is 13.6 Å². The summed E-state index contributed by atoms with van der Waals surface area (Å²) in [6.07, 6.45) is -2.75. The average molecular weight is 322 g/mol. The van der Waals surface area contributed by atoms with Gasteiger partial charge in [0.1, 0.15) is 0 Å². The molecule has 0 bridgehead atoms. The van der Waals surface area contributed by atoms with Crippen LogP contribution >= 0.6 is 0 Å². The predicted octanol–water partition coefficient (Wildman–Crippen LogP) is 2.87. The molecule has 21 heavy (non-hydrogen) atoms. The van der Waals surface area contributed by atoms with E-state index in [2.05, 4.69) is 5.32 Å². The molecule has 2 unspecified atom stereocenters. The van der Waals surface area contributed by atoms with Crippen LogP contribution in [-0.4, -0.2) is 20.6 Å². The average Bonchev–Trinajstić information content (AvgIpc) is 2.37. The lowest BCUT2D eigenvalue weighted by Gasteiger charge is -2.31. The molecule has 1 aromatic carbocycles. The molecule has 1 aliphatic rings. The number of benzene rings is 1. The molecule has 0 aliphatic heterocycles. The van der Waals surface area contributed by atoms with E-state index in [4.69, 9.17) is 5.14 Å². The van der Waals surface area contributed by atoms with Gasteiger partial charge in [-0.15, -0.1) is 0 Å². The first-order valence-electron chi connectivity index (χ1n) is 6.62. The number of rotatable bonds is 3. The van der Waals surface area contributed by atoms with E-state index in [9.17, 15) is 21.6 Å². The molecule has 1 saturated carbocycles. The molecule has 118 valence electrons. The lowest BCUT2D eigenvalue weighted by atomic mass is 9.85. The summed E-state index contributed by atoms with van der Waals surface area (Å²) in [5.74, 6) is -1.27. The maximum Gasteiger partial charge on any atom is 0.391 e. The van der Waals surface area contributed by atoms with Crippen LogP contribution < -0.4 is 10.5 Å². The van der Waals surface area contributed by atoms with E-state index >= 15 is 0 Å². The molecule has 0 radical (unpaired) electrons. The van der Waals surface area contributed by atoms with E-state index in [0.717, 1.165) is 0 Å². The number of primary sulfonamides is 1. The Balaban J connectivity index is 2.01. The first kappa shape index (κ1) is 16.1. The van der Waals surface area contributed by atoms with Crippen LogP contribution in [0, 0.1) is 5.92 Å². The number of alkyl halides is 3. The summed E-state index contributed by atoms with van der Waals surface area (Å²) < 4.78 is 60.4. The summed E-state index contributed by atoms with van der Waals surface area (Å²) in [6, 6.07) is 5.43. The Bertz CT molecular complexity index is 584. The number of halogens is 3. The minimum absolute atomic E-state index is 0.0233. The topological polar surface area (TPSA) is 72.2 Å². The van der Waals surface area contributed by atoms with Crippen molar-refractivity contribution in [1.82, 2.24) is 0 Å². The Morgan fingerprint density at radius 2 is 1.76 bits per heavy atom. The molecule has 1 aromatic rings. The monoisotopic (exact) mass is 322 g/mol. The SMILES string of the molecule is NS(=O)(=O)c1ccc(NC2CCCC(C(F)(F)F)C2)cc1. The highest BCUT2D eigenvalue weighted by molar-refractivity contribution is 7.89. The highest BCUT2D eigenvalue weighted by atomic mass is 32.2. The second-order valence-corrected chi connectivity index (χ2v) is 6.88. The van der Waals surface area contributed by atoms with Gasteiger partial charge in [0.2, 0.25) is 10.0 Å². The standard InChI is InChI=1S/C13H17F3N2O2S/c14-13(15,16)9-2-1-3-11(8-9)18-10-4-6-12(7-5-10)21(17,19)20/h4-7,9,11,18H,1-3,8H2,(H2,17,19,20). The van der Waals surface area contributed by atoms with Crippen LogP contribution in [0.5, 0.6) is 0 Å². The summed E-state index contributed by atoms with van der Waals surface area (Å²) in [4.78, 5) is -0.0233. The molecule has 0 heterocycles.